The van der Waals surface area contributed by atoms with Crippen LogP contribution in [0.3, 0.4) is 0 Å². The van der Waals surface area contributed by atoms with Gasteiger partial charge in [-0.05, 0) is 38.1 Å². The van der Waals surface area contributed by atoms with Crippen LogP contribution in [0.4, 0.5) is 5.69 Å². The Kier molecular flexibility index (Phi) is 4.60. The van der Waals surface area contributed by atoms with Crippen molar-refractivity contribution >= 4 is 22.9 Å². The normalized spacial score (nSPS) is 10.7. The molecule has 0 aliphatic heterocycles. The van der Waals surface area contributed by atoms with Crippen molar-refractivity contribution in [1.29, 1.82) is 0 Å². The standard InChI is InChI=1S/C22H18N2O2S/c1-14-8-13-19(26-14)21(25)23-18-11-9-16(10-12-18)20-15(2)27-22(24-20)17-6-4-3-5-7-17/h3-13H,1-2H3,(H,23,25). The lowest BCUT2D eigenvalue weighted by molar-refractivity contribution is 0.0995. The molecule has 0 saturated heterocycles. The lowest BCUT2D eigenvalue weighted by atomic mass is 10.1. The maximum absolute atomic E-state index is 12.2. The first-order valence-electron chi connectivity index (χ1n) is 8.61. The Morgan fingerprint density at radius 1 is 0.926 bits per heavy atom. The zero-order chi connectivity index (χ0) is 18.8. The molecule has 1 amide bonds. The number of carbonyl (C=O) groups is 1. The van der Waals surface area contributed by atoms with Crippen molar-refractivity contribution in [3.63, 3.8) is 0 Å². The van der Waals surface area contributed by atoms with Crippen molar-refractivity contribution < 1.29 is 9.21 Å². The predicted molar refractivity (Wildman–Crippen MR) is 109 cm³/mol. The number of benzene rings is 2. The molecule has 2 aromatic carbocycles. The fourth-order valence-electron chi connectivity index (χ4n) is 2.83. The van der Waals surface area contributed by atoms with E-state index < -0.39 is 0 Å². The molecule has 0 unspecified atom stereocenters. The van der Waals surface area contributed by atoms with Gasteiger partial charge in [0.1, 0.15) is 10.8 Å². The van der Waals surface area contributed by atoms with Crippen molar-refractivity contribution in [3.05, 3.63) is 83.1 Å². The van der Waals surface area contributed by atoms with E-state index >= 15 is 0 Å². The first-order valence-corrected chi connectivity index (χ1v) is 9.43. The maximum Gasteiger partial charge on any atom is 0.291 e. The van der Waals surface area contributed by atoms with Crippen molar-refractivity contribution in [2.75, 3.05) is 5.32 Å². The second kappa shape index (κ2) is 7.21. The predicted octanol–water partition coefficient (Wildman–Crippen LogP) is 5.94. The minimum atomic E-state index is -0.257. The number of aromatic nitrogens is 1. The van der Waals surface area contributed by atoms with Crippen LogP contribution in [0.2, 0.25) is 0 Å². The summed E-state index contributed by atoms with van der Waals surface area (Å²) in [6.45, 7) is 3.89. The Morgan fingerprint density at radius 3 is 2.33 bits per heavy atom. The number of thiazole rings is 1. The second-order valence-electron chi connectivity index (χ2n) is 6.23. The molecule has 0 saturated carbocycles. The fourth-order valence-corrected chi connectivity index (χ4v) is 3.77. The number of anilines is 1. The number of amides is 1. The minimum absolute atomic E-state index is 0.257. The third kappa shape index (κ3) is 3.68. The first kappa shape index (κ1) is 17.2. The van der Waals surface area contributed by atoms with Crippen molar-refractivity contribution in [2.24, 2.45) is 0 Å². The number of nitrogens with zero attached hydrogens (tertiary/aromatic N) is 1. The van der Waals surface area contributed by atoms with Crippen LogP contribution in [0.1, 0.15) is 21.2 Å². The van der Waals surface area contributed by atoms with E-state index in [4.69, 9.17) is 9.40 Å². The highest BCUT2D eigenvalue weighted by atomic mass is 32.1. The molecular formula is C22H18N2O2S. The van der Waals surface area contributed by atoms with Crippen LogP contribution in [0, 0.1) is 13.8 Å². The van der Waals surface area contributed by atoms with Crippen LogP contribution in [0.25, 0.3) is 21.8 Å². The zero-order valence-electron chi connectivity index (χ0n) is 15.0. The summed E-state index contributed by atoms with van der Waals surface area (Å²) in [5.74, 6) is 0.759. The van der Waals surface area contributed by atoms with Crippen LogP contribution in [0.15, 0.2) is 71.1 Å². The van der Waals surface area contributed by atoms with Gasteiger partial charge in [-0.3, -0.25) is 4.79 Å². The molecule has 4 rings (SSSR count). The van der Waals surface area contributed by atoms with E-state index in [1.54, 1.807) is 23.5 Å². The summed E-state index contributed by atoms with van der Waals surface area (Å²) in [6.07, 6.45) is 0. The van der Waals surface area contributed by atoms with Crippen molar-refractivity contribution in [2.45, 2.75) is 13.8 Å². The smallest absolute Gasteiger partial charge is 0.291 e. The number of rotatable bonds is 4. The summed E-state index contributed by atoms with van der Waals surface area (Å²) in [6, 6.07) is 21.3. The van der Waals surface area contributed by atoms with Gasteiger partial charge in [0.25, 0.3) is 5.91 Å². The molecule has 2 heterocycles. The molecule has 0 fully saturated rings. The van der Waals surface area contributed by atoms with Crippen molar-refractivity contribution in [3.8, 4) is 21.8 Å². The summed E-state index contributed by atoms with van der Waals surface area (Å²) in [5.41, 5.74) is 3.83. The molecule has 27 heavy (non-hydrogen) atoms. The van der Waals surface area contributed by atoms with Crippen molar-refractivity contribution in [1.82, 2.24) is 4.98 Å². The van der Waals surface area contributed by atoms with E-state index in [1.807, 2.05) is 49.4 Å². The highest BCUT2D eigenvalue weighted by Gasteiger charge is 2.13. The molecule has 0 spiro atoms. The van der Waals surface area contributed by atoms with Crippen LogP contribution in [0.5, 0.6) is 0 Å². The van der Waals surface area contributed by atoms with Crippen LogP contribution in [-0.4, -0.2) is 10.9 Å². The largest absolute Gasteiger partial charge is 0.456 e. The van der Waals surface area contributed by atoms with Gasteiger partial charge in [0.2, 0.25) is 0 Å². The molecule has 0 aliphatic rings. The third-order valence-electron chi connectivity index (χ3n) is 4.20. The monoisotopic (exact) mass is 374 g/mol. The van der Waals surface area contributed by atoms with Gasteiger partial charge in [0.05, 0.1) is 5.69 Å². The van der Waals surface area contributed by atoms with Gasteiger partial charge in [-0.25, -0.2) is 4.98 Å². The lowest BCUT2D eigenvalue weighted by Crippen LogP contribution is -2.10. The molecular weight excluding hydrogens is 356 g/mol. The Hall–Kier alpha value is -3.18. The third-order valence-corrected chi connectivity index (χ3v) is 5.22. The molecule has 1 N–H and O–H groups in total. The Bertz CT molecular complexity index is 1080. The Labute approximate surface area is 161 Å². The van der Waals surface area contributed by atoms with Gasteiger partial charge in [-0.15, -0.1) is 11.3 Å². The highest BCUT2D eigenvalue weighted by molar-refractivity contribution is 7.15. The number of nitrogens with one attached hydrogen (secondary N) is 1. The molecule has 4 nitrogen and oxygen atoms in total. The van der Waals surface area contributed by atoms with Gasteiger partial charge in [0, 0.05) is 21.7 Å². The van der Waals surface area contributed by atoms with Gasteiger partial charge in [0.15, 0.2) is 5.76 Å². The minimum Gasteiger partial charge on any atom is -0.456 e. The maximum atomic E-state index is 12.2. The van der Waals surface area contributed by atoms with Crippen LogP contribution < -0.4 is 5.32 Å². The average Bonchev–Trinajstić information content (AvgIpc) is 3.29. The Balaban J connectivity index is 1.54. The van der Waals surface area contributed by atoms with Crippen LogP contribution in [-0.2, 0) is 0 Å². The van der Waals surface area contributed by atoms with Crippen LogP contribution >= 0.6 is 11.3 Å². The van der Waals surface area contributed by atoms with E-state index in [9.17, 15) is 4.79 Å². The SMILES string of the molecule is Cc1ccc(C(=O)Nc2ccc(-c3nc(-c4ccccc4)sc3C)cc2)o1. The number of aryl methyl sites for hydroxylation is 2. The van der Waals surface area contributed by atoms with Gasteiger partial charge >= 0.3 is 0 Å². The summed E-state index contributed by atoms with van der Waals surface area (Å²) < 4.78 is 5.35. The molecule has 4 aromatic rings. The molecule has 0 atom stereocenters. The van der Waals surface area contributed by atoms with E-state index in [1.165, 1.54) is 0 Å². The summed E-state index contributed by atoms with van der Waals surface area (Å²) in [4.78, 5) is 18.2. The summed E-state index contributed by atoms with van der Waals surface area (Å²) in [7, 11) is 0. The van der Waals surface area contributed by atoms with E-state index in [0.29, 0.717) is 17.2 Å². The van der Waals surface area contributed by atoms with E-state index in [0.717, 1.165) is 26.7 Å². The first-order chi connectivity index (χ1) is 13.1. The average molecular weight is 374 g/mol. The molecule has 0 bridgehead atoms. The fraction of sp³-hybridized carbons (Fsp3) is 0.0909. The molecule has 5 heteroatoms. The zero-order valence-corrected chi connectivity index (χ0v) is 15.8. The molecule has 0 radical (unpaired) electrons. The summed E-state index contributed by atoms with van der Waals surface area (Å²) in [5, 5.41) is 3.85. The summed E-state index contributed by atoms with van der Waals surface area (Å²) >= 11 is 1.68. The van der Waals surface area contributed by atoms with E-state index in [-0.39, 0.29) is 5.91 Å². The number of hydrogen-bond acceptors (Lipinski definition) is 4. The number of furan rings is 1. The number of hydrogen-bond donors (Lipinski definition) is 1. The molecule has 0 aliphatic carbocycles. The second-order valence-corrected chi connectivity index (χ2v) is 7.43. The van der Waals surface area contributed by atoms with Gasteiger partial charge in [-0.2, -0.15) is 0 Å². The van der Waals surface area contributed by atoms with Gasteiger partial charge < -0.3 is 9.73 Å². The molecule has 2 aromatic heterocycles. The lowest BCUT2D eigenvalue weighted by Gasteiger charge is -2.05. The quantitative estimate of drug-likeness (QED) is 0.481. The molecule has 134 valence electrons. The van der Waals surface area contributed by atoms with E-state index in [2.05, 4.69) is 24.4 Å². The number of carbonyl (C=O) groups excluding carboxylic acids is 1. The van der Waals surface area contributed by atoms with Gasteiger partial charge in [-0.1, -0.05) is 42.5 Å². The highest BCUT2D eigenvalue weighted by Crippen LogP contribution is 2.33. The topological polar surface area (TPSA) is 55.1 Å². The Morgan fingerprint density at radius 2 is 1.67 bits per heavy atom.